The minimum atomic E-state index is -3.37. The van der Waals surface area contributed by atoms with E-state index in [1.54, 1.807) is 17.3 Å². The van der Waals surface area contributed by atoms with Gasteiger partial charge in [0.15, 0.2) is 0 Å². The van der Waals surface area contributed by atoms with E-state index in [0.29, 0.717) is 17.2 Å². The van der Waals surface area contributed by atoms with Crippen molar-refractivity contribution in [3.05, 3.63) is 17.0 Å². The van der Waals surface area contributed by atoms with Crippen molar-refractivity contribution in [2.45, 2.75) is 49.5 Å². The van der Waals surface area contributed by atoms with Crippen LogP contribution in [0.4, 0.5) is 0 Å². The molecule has 2 unspecified atom stereocenters. The van der Waals surface area contributed by atoms with E-state index < -0.39 is 16.1 Å². The monoisotopic (exact) mass is 289 g/mol. The van der Waals surface area contributed by atoms with Crippen molar-refractivity contribution in [3.63, 3.8) is 0 Å². The molecule has 1 aliphatic heterocycles. The summed E-state index contributed by atoms with van der Waals surface area (Å²) in [6, 6.07) is 3.45. The summed E-state index contributed by atoms with van der Waals surface area (Å²) >= 11 is 1.31. The summed E-state index contributed by atoms with van der Waals surface area (Å²) in [6.07, 6.45) is 1.77. The standard InChI is InChI=1S/C12H19NO3S2/c1-9(14)8-11-4-3-7-13(11)18(15,16)12-6-5-10(2)17-12/h5-6,9,11,14H,3-4,7-8H2,1-2H3. The molecule has 2 atom stereocenters. The number of hydrogen-bond acceptors (Lipinski definition) is 4. The lowest BCUT2D eigenvalue weighted by Crippen LogP contribution is -2.36. The molecule has 0 amide bonds. The molecule has 2 rings (SSSR count). The van der Waals surface area contributed by atoms with E-state index in [2.05, 4.69) is 0 Å². The zero-order valence-corrected chi connectivity index (χ0v) is 12.3. The summed E-state index contributed by atoms with van der Waals surface area (Å²) in [4.78, 5) is 1.000. The van der Waals surface area contributed by atoms with E-state index in [1.807, 2.05) is 13.0 Å². The van der Waals surface area contributed by atoms with Gasteiger partial charge in [0, 0.05) is 17.5 Å². The van der Waals surface area contributed by atoms with E-state index in [4.69, 9.17) is 0 Å². The molecular weight excluding hydrogens is 270 g/mol. The summed E-state index contributed by atoms with van der Waals surface area (Å²) in [5.74, 6) is 0. The Balaban J connectivity index is 2.24. The van der Waals surface area contributed by atoms with E-state index >= 15 is 0 Å². The molecule has 0 saturated carbocycles. The molecule has 0 spiro atoms. The van der Waals surface area contributed by atoms with Crippen LogP contribution >= 0.6 is 11.3 Å². The lowest BCUT2D eigenvalue weighted by molar-refractivity contribution is 0.158. The SMILES string of the molecule is Cc1ccc(S(=O)(=O)N2CCCC2CC(C)O)s1. The zero-order valence-electron chi connectivity index (χ0n) is 10.7. The highest BCUT2D eigenvalue weighted by atomic mass is 32.2. The van der Waals surface area contributed by atoms with Crippen LogP contribution < -0.4 is 0 Å². The lowest BCUT2D eigenvalue weighted by Gasteiger charge is -2.24. The van der Waals surface area contributed by atoms with Crippen LogP contribution in [0.15, 0.2) is 16.3 Å². The second-order valence-corrected chi connectivity index (χ2v) is 8.27. The number of rotatable bonds is 4. The maximum absolute atomic E-state index is 12.5. The Labute approximate surface area is 112 Å². The Hall–Kier alpha value is -0.430. The van der Waals surface area contributed by atoms with Crippen molar-refractivity contribution in [1.29, 1.82) is 0 Å². The van der Waals surface area contributed by atoms with Gasteiger partial charge in [-0.1, -0.05) is 0 Å². The van der Waals surface area contributed by atoms with Crippen LogP contribution in [0.1, 0.15) is 31.1 Å². The van der Waals surface area contributed by atoms with E-state index in [0.717, 1.165) is 17.7 Å². The van der Waals surface area contributed by atoms with Gasteiger partial charge in [0.25, 0.3) is 10.0 Å². The molecule has 1 saturated heterocycles. The molecule has 6 heteroatoms. The van der Waals surface area contributed by atoms with Gasteiger partial charge in [-0.3, -0.25) is 0 Å². The highest BCUT2D eigenvalue weighted by Crippen LogP contribution is 2.31. The quantitative estimate of drug-likeness (QED) is 0.922. The summed E-state index contributed by atoms with van der Waals surface area (Å²) in [5, 5.41) is 9.45. The number of sulfonamides is 1. The van der Waals surface area contributed by atoms with Crippen LogP contribution in [-0.4, -0.2) is 36.5 Å². The molecular formula is C12H19NO3S2. The summed E-state index contributed by atoms with van der Waals surface area (Å²) in [6.45, 7) is 4.18. The van der Waals surface area contributed by atoms with Crippen LogP contribution in [0.25, 0.3) is 0 Å². The number of hydrogen-bond donors (Lipinski definition) is 1. The van der Waals surface area contributed by atoms with E-state index in [-0.39, 0.29) is 6.04 Å². The predicted molar refractivity (Wildman–Crippen MR) is 72.3 cm³/mol. The van der Waals surface area contributed by atoms with Crippen molar-refractivity contribution < 1.29 is 13.5 Å². The van der Waals surface area contributed by atoms with Gasteiger partial charge in [-0.15, -0.1) is 11.3 Å². The molecule has 1 aromatic heterocycles. The van der Waals surface area contributed by atoms with Crippen molar-refractivity contribution in [2.24, 2.45) is 0 Å². The Morgan fingerprint density at radius 1 is 1.56 bits per heavy atom. The third-order valence-corrected chi connectivity index (χ3v) is 6.63. The molecule has 1 aromatic rings. The number of nitrogens with zero attached hydrogens (tertiary/aromatic N) is 1. The first kappa shape index (κ1) is 14.0. The second-order valence-electron chi connectivity index (χ2n) is 4.86. The number of thiophene rings is 1. The van der Waals surface area contributed by atoms with Crippen LogP contribution in [0.2, 0.25) is 0 Å². The first-order valence-electron chi connectivity index (χ1n) is 6.17. The van der Waals surface area contributed by atoms with Crippen molar-refractivity contribution in [2.75, 3.05) is 6.54 Å². The average molecular weight is 289 g/mol. The average Bonchev–Trinajstić information content (AvgIpc) is 2.86. The minimum Gasteiger partial charge on any atom is -0.393 e. The van der Waals surface area contributed by atoms with Crippen LogP contribution in [-0.2, 0) is 10.0 Å². The summed E-state index contributed by atoms with van der Waals surface area (Å²) in [5.41, 5.74) is 0. The maximum atomic E-state index is 12.5. The molecule has 4 nitrogen and oxygen atoms in total. The topological polar surface area (TPSA) is 57.6 Å². The molecule has 18 heavy (non-hydrogen) atoms. The van der Waals surface area contributed by atoms with Gasteiger partial charge in [-0.05, 0) is 45.2 Å². The molecule has 1 N–H and O–H groups in total. The second kappa shape index (κ2) is 5.28. The van der Waals surface area contributed by atoms with Gasteiger partial charge in [-0.2, -0.15) is 4.31 Å². The maximum Gasteiger partial charge on any atom is 0.252 e. The molecule has 0 aromatic carbocycles. The number of aliphatic hydroxyl groups excluding tert-OH is 1. The normalized spacial score (nSPS) is 23.4. The zero-order chi connectivity index (χ0) is 13.3. The first-order valence-corrected chi connectivity index (χ1v) is 8.43. The third kappa shape index (κ3) is 2.77. The van der Waals surface area contributed by atoms with Crippen molar-refractivity contribution >= 4 is 21.4 Å². The predicted octanol–water partition coefficient (Wildman–Crippen LogP) is 1.98. The first-order chi connectivity index (χ1) is 8.41. The van der Waals surface area contributed by atoms with Crippen LogP contribution in [0.3, 0.4) is 0 Å². The molecule has 2 heterocycles. The largest absolute Gasteiger partial charge is 0.393 e. The van der Waals surface area contributed by atoms with Gasteiger partial charge in [-0.25, -0.2) is 8.42 Å². The van der Waals surface area contributed by atoms with E-state index in [9.17, 15) is 13.5 Å². The minimum absolute atomic E-state index is 0.0580. The Morgan fingerprint density at radius 3 is 2.83 bits per heavy atom. The Morgan fingerprint density at radius 2 is 2.28 bits per heavy atom. The fourth-order valence-electron chi connectivity index (χ4n) is 2.42. The fourth-order valence-corrected chi connectivity index (χ4v) is 5.54. The fraction of sp³-hybridized carbons (Fsp3) is 0.667. The Kier molecular flexibility index (Phi) is 4.11. The Bertz CT molecular complexity index is 507. The highest BCUT2D eigenvalue weighted by Gasteiger charge is 2.36. The number of aliphatic hydroxyl groups is 1. The van der Waals surface area contributed by atoms with Gasteiger partial charge >= 0.3 is 0 Å². The van der Waals surface area contributed by atoms with Crippen LogP contribution in [0, 0.1) is 6.92 Å². The van der Waals surface area contributed by atoms with E-state index in [1.165, 1.54) is 11.3 Å². The van der Waals surface area contributed by atoms with Crippen molar-refractivity contribution in [3.8, 4) is 0 Å². The van der Waals surface area contributed by atoms with Crippen molar-refractivity contribution in [1.82, 2.24) is 4.31 Å². The highest BCUT2D eigenvalue weighted by molar-refractivity contribution is 7.91. The number of aryl methyl sites for hydroxylation is 1. The lowest BCUT2D eigenvalue weighted by atomic mass is 10.1. The smallest absolute Gasteiger partial charge is 0.252 e. The van der Waals surface area contributed by atoms with Gasteiger partial charge in [0.1, 0.15) is 4.21 Å². The molecule has 0 aliphatic carbocycles. The molecule has 0 radical (unpaired) electrons. The molecule has 1 fully saturated rings. The third-order valence-electron chi connectivity index (χ3n) is 3.21. The molecule has 102 valence electrons. The molecule has 1 aliphatic rings. The summed E-state index contributed by atoms with van der Waals surface area (Å²) in [7, 11) is -3.37. The molecule has 0 bridgehead atoms. The van der Waals surface area contributed by atoms with Gasteiger partial charge in [0.05, 0.1) is 6.10 Å². The van der Waals surface area contributed by atoms with Gasteiger partial charge < -0.3 is 5.11 Å². The van der Waals surface area contributed by atoms with Crippen LogP contribution in [0.5, 0.6) is 0 Å². The summed E-state index contributed by atoms with van der Waals surface area (Å²) < 4.78 is 27.0. The van der Waals surface area contributed by atoms with Gasteiger partial charge in [0.2, 0.25) is 0 Å².